The van der Waals surface area contributed by atoms with Crippen LogP contribution in [0, 0.1) is 12.7 Å². The van der Waals surface area contributed by atoms with Gasteiger partial charge in [-0.05, 0) is 19.9 Å². The van der Waals surface area contributed by atoms with Crippen LogP contribution in [0.3, 0.4) is 0 Å². The number of anilines is 2. The van der Waals surface area contributed by atoms with Crippen LogP contribution in [0.1, 0.15) is 23.1 Å². The van der Waals surface area contributed by atoms with Crippen molar-refractivity contribution in [3.8, 4) is 0 Å². The van der Waals surface area contributed by atoms with E-state index in [1.165, 1.54) is 0 Å². The molecule has 0 aliphatic carbocycles. The Balaban J connectivity index is 2.24. The fourth-order valence-electron chi connectivity index (χ4n) is 1.43. The number of nitrogens with zero attached hydrogens (tertiary/aromatic N) is 3. The van der Waals surface area contributed by atoms with Gasteiger partial charge in [0.1, 0.15) is 17.5 Å². The molecule has 6 nitrogen and oxygen atoms in total. The maximum absolute atomic E-state index is 13.2. The Morgan fingerprint density at radius 3 is 2.95 bits per heavy atom. The molecular weight excluding hydrogens is 269 g/mol. The number of rotatable bonds is 4. The van der Waals surface area contributed by atoms with Gasteiger partial charge in [0.15, 0.2) is 0 Å². The van der Waals surface area contributed by atoms with Crippen molar-refractivity contribution in [2.24, 2.45) is 0 Å². The molecule has 0 unspecified atom stereocenters. The summed E-state index contributed by atoms with van der Waals surface area (Å²) in [6.45, 7) is 4.16. The number of nitrogens with one attached hydrogen (secondary N) is 2. The minimum Gasteiger partial charge on any atom is -0.370 e. The lowest BCUT2D eigenvalue weighted by Crippen LogP contribution is -2.16. The van der Waals surface area contributed by atoms with E-state index in [1.54, 1.807) is 6.92 Å². The Bertz CT molecular complexity index is 601. The Morgan fingerprint density at radius 2 is 2.32 bits per heavy atom. The van der Waals surface area contributed by atoms with Crippen LogP contribution in [-0.4, -0.2) is 26.8 Å². The van der Waals surface area contributed by atoms with Crippen molar-refractivity contribution in [3.63, 3.8) is 0 Å². The first-order chi connectivity index (χ1) is 9.10. The van der Waals surface area contributed by atoms with Gasteiger partial charge in [0.05, 0.1) is 11.8 Å². The predicted octanol–water partition coefficient (Wildman–Crippen LogP) is 2.06. The number of carbonyl (C=O) groups is 1. The van der Waals surface area contributed by atoms with Gasteiger partial charge in [0, 0.05) is 18.1 Å². The lowest BCUT2D eigenvalue weighted by molar-refractivity contribution is 0.102. The first-order valence-electron chi connectivity index (χ1n) is 5.61. The highest BCUT2D eigenvalue weighted by atomic mass is 32.1. The van der Waals surface area contributed by atoms with Crippen molar-refractivity contribution in [1.82, 2.24) is 14.3 Å². The summed E-state index contributed by atoms with van der Waals surface area (Å²) in [5.41, 5.74) is 0.134. The normalized spacial score (nSPS) is 10.3. The summed E-state index contributed by atoms with van der Waals surface area (Å²) in [5.74, 6) is -0.133. The van der Waals surface area contributed by atoms with Crippen molar-refractivity contribution < 1.29 is 9.18 Å². The molecule has 2 aromatic rings. The van der Waals surface area contributed by atoms with Gasteiger partial charge in [0.25, 0.3) is 5.91 Å². The Morgan fingerprint density at radius 1 is 1.53 bits per heavy atom. The van der Waals surface area contributed by atoms with Crippen molar-refractivity contribution in [1.29, 1.82) is 0 Å². The van der Waals surface area contributed by atoms with Gasteiger partial charge < -0.3 is 5.32 Å². The molecule has 0 aromatic carbocycles. The summed E-state index contributed by atoms with van der Waals surface area (Å²) < 4.78 is 17.1. The van der Waals surface area contributed by atoms with Gasteiger partial charge in [-0.3, -0.25) is 10.1 Å². The molecule has 19 heavy (non-hydrogen) atoms. The van der Waals surface area contributed by atoms with Crippen LogP contribution < -0.4 is 10.6 Å². The quantitative estimate of drug-likeness (QED) is 0.896. The smallest absolute Gasteiger partial charge is 0.261 e. The molecule has 0 fully saturated rings. The highest BCUT2D eigenvalue weighted by Gasteiger charge is 2.15. The van der Waals surface area contributed by atoms with Crippen LogP contribution in [0.5, 0.6) is 0 Å². The van der Waals surface area contributed by atoms with Crippen molar-refractivity contribution >= 4 is 28.4 Å². The van der Waals surface area contributed by atoms with Crippen molar-refractivity contribution in [2.45, 2.75) is 13.8 Å². The molecular formula is C11H12FN5OS. The SMILES string of the molecule is CCNc1ncc(F)cc1C(=O)Nc1nc(C)ns1. The molecule has 0 aliphatic rings. The second kappa shape index (κ2) is 5.70. The van der Waals surface area contributed by atoms with E-state index >= 15 is 0 Å². The molecule has 0 saturated carbocycles. The molecule has 100 valence electrons. The Hall–Kier alpha value is -2.09. The molecule has 8 heteroatoms. The van der Waals surface area contributed by atoms with Crippen LogP contribution in [-0.2, 0) is 0 Å². The number of aromatic nitrogens is 3. The monoisotopic (exact) mass is 281 g/mol. The fourth-order valence-corrected chi connectivity index (χ4v) is 2.00. The maximum Gasteiger partial charge on any atom is 0.261 e. The summed E-state index contributed by atoms with van der Waals surface area (Å²) in [5, 5.41) is 5.84. The second-order valence-electron chi connectivity index (χ2n) is 3.68. The zero-order valence-electron chi connectivity index (χ0n) is 10.4. The third-order valence-corrected chi connectivity index (χ3v) is 2.91. The predicted molar refractivity (Wildman–Crippen MR) is 71.0 cm³/mol. The fraction of sp³-hybridized carbons (Fsp3) is 0.273. The van der Waals surface area contributed by atoms with E-state index in [2.05, 4.69) is 25.0 Å². The number of pyridine rings is 1. The van der Waals surface area contributed by atoms with E-state index < -0.39 is 11.7 Å². The van der Waals surface area contributed by atoms with Gasteiger partial charge >= 0.3 is 0 Å². The van der Waals surface area contributed by atoms with Crippen molar-refractivity contribution in [3.05, 3.63) is 29.5 Å². The number of halogens is 1. The molecule has 0 atom stereocenters. The van der Waals surface area contributed by atoms with Gasteiger partial charge in [-0.2, -0.15) is 4.37 Å². The van der Waals surface area contributed by atoms with E-state index in [4.69, 9.17) is 0 Å². The zero-order chi connectivity index (χ0) is 13.8. The third kappa shape index (κ3) is 3.22. The highest BCUT2D eigenvalue weighted by Crippen LogP contribution is 2.17. The van der Waals surface area contributed by atoms with Gasteiger partial charge in [-0.25, -0.2) is 14.4 Å². The summed E-state index contributed by atoms with van der Waals surface area (Å²) >= 11 is 1.07. The van der Waals surface area contributed by atoms with Crippen LogP contribution in [0.15, 0.2) is 12.3 Å². The molecule has 0 saturated heterocycles. The average molecular weight is 281 g/mol. The van der Waals surface area contributed by atoms with Crippen LogP contribution in [0.25, 0.3) is 0 Å². The lowest BCUT2D eigenvalue weighted by atomic mass is 10.2. The summed E-state index contributed by atoms with van der Waals surface area (Å²) in [7, 11) is 0. The van der Waals surface area contributed by atoms with E-state index in [9.17, 15) is 9.18 Å². The minimum atomic E-state index is -0.569. The standard InChI is InChI=1S/C11H12FN5OS/c1-3-13-9-8(4-7(12)5-14-9)10(18)16-11-15-6(2)17-19-11/h4-5H,3H2,1-2H3,(H,13,14)(H,15,16,17,18). The van der Waals surface area contributed by atoms with E-state index in [0.29, 0.717) is 23.3 Å². The molecule has 2 aromatic heterocycles. The Labute approximate surface area is 113 Å². The lowest BCUT2D eigenvalue weighted by Gasteiger charge is -2.08. The largest absolute Gasteiger partial charge is 0.370 e. The number of carbonyl (C=O) groups excluding carboxylic acids is 1. The molecule has 0 aliphatic heterocycles. The number of amides is 1. The van der Waals surface area contributed by atoms with Crippen LogP contribution >= 0.6 is 11.5 Å². The van der Waals surface area contributed by atoms with Gasteiger partial charge in [-0.1, -0.05) is 0 Å². The Kier molecular flexibility index (Phi) is 4.00. The average Bonchev–Trinajstić information content (AvgIpc) is 2.77. The van der Waals surface area contributed by atoms with E-state index in [1.807, 2.05) is 6.92 Å². The van der Waals surface area contributed by atoms with E-state index in [0.717, 1.165) is 23.8 Å². The minimum absolute atomic E-state index is 0.134. The van der Waals surface area contributed by atoms with Gasteiger partial charge in [-0.15, -0.1) is 0 Å². The first-order valence-corrected chi connectivity index (χ1v) is 6.38. The molecule has 0 spiro atoms. The third-order valence-electron chi connectivity index (χ3n) is 2.19. The zero-order valence-corrected chi connectivity index (χ0v) is 11.2. The molecule has 2 heterocycles. The topological polar surface area (TPSA) is 79.8 Å². The number of hydrogen-bond donors (Lipinski definition) is 2. The number of hydrogen-bond acceptors (Lipinski definition) is 6. The molecule has 1 amide bonds. The highest BCUT2D eigenvalue weighted by molar-refractivity contribution is 7.09. The van der Waals surface area contributed by atoms with Crippen molar-refractivity contribution in [2.75, 3.05) is 17.2 Å². The van der Waals surface area contributed by atoms with Crippen LogP contribution in [0.2, 0.25) is 0 Å². The second-order valence-corrected chi connectivity index (χ2v) is 4.43. The molecule has 0 bridgehead atoms. The van der Waals surface area contributed by atoms with Crippen LogP contribution in [0.4, 0.5) is 15.3 Å². The molecule has 0 radical (unpaired) electrons. The molecule has 2 N–H and O–H groups in total. The van der Waals surface area contributed by atoms with Gasteiger partial charge in [0.2, 0.25) is 5.13 Å². The number of aryl methyl sites for hydroxylation is 1. The molecule has 2 rings (SSSR count). The maximum atomic E-state index is 13.2. The summed E-state index contributed by atoms with van der Waals surface area (Å²) in [6, 6.07) is 1.13. The summed E-state index contributed by atoms with van der Waals surface area (Å²) in [4.78, 5) is 19.9. The van der Waals surface area contributed by atoms with E-state index in [-0.39, 0.29) is 5.56 Å². The summed E-state index contributed by atoms with van der Waals surface area (Å²) in [6.07, 6.45) is 1.06. The first kappa shape index (κ1) is 13.3.